The van der Waals surface area contributed by atoms with Gasteiger partial charge in [0.15, 0.2) is 0 Å². The summed E-state index contributed by atoms with van der Waals surface area (Å²) < 4.78 is 5.55. The second-order valence-corrected chi connectivity index (χ2v) is 7.08. The molecule has 6 heteroatoms. The van der Waals surface area contributed by atoms with Gasteiger partial charge in [0.2, 0.25) is 0 Å². The number of anilines is 1. The Morgan fingerprint density at radius 1 is 1.19 bits per heavy atom. The Bertz CT molecular complexity index is 744. The maximum Gasteiger partial charge on any atom is 0.138 e. The lowest BCUT2D eigenvalue weighted by atomic mass is 10.1. The average molecular weight is 374 g/mol. The number of benzene rings is 2. The van der Waals surface area contributed by atoms with Crippen molar-refractivity contribution in [2.75, 3.05) is 25.0 Å². The van der Waals surface area contributed by atoms with Crippen LogP contribution >= 0.6 is 11.6 Å². The van der Waals surface area contributed by atoms with E-state index in [1.165, 1.54) is 0 Å². The number of aliphatic hydroxyl groups is 1. The molecule has 0 saturated heterocycles. The van der Waals surface area contributed by atoms with Gasteiger partial charge in [-0.25, -0.2) is 0 Å². The Kier molecular flexibility index (Phi) is 7.28. The van der Waals surface area contributed by atoms with Crippen LogP contribution in [0.3, 0.4) is 0 Å². The molecule has 26 heavy (non-hydrogen) atoms. The highest BCUT2D eigenvalue weighted by atomic mass is 35.5. The minimum absolute atomic E-state index is 0.0736. The van der Waals surface area contributed by atoms with Crippen molar-refractivity contribution in [1.82, 2.24) is 5.32 Å². The van der Waals surface area contributed by atoms with Gasteiger partial charge in [-0.2, -0.15) is 5.26 Å². The van der Waals surface area contributed by atoms with E-state index in [2.05, 4.69) is 24.5 Å². The minimum atomic E-state index is -0.712. The molecule has 2 aromatic rings. The van der Waals surface area contributed by atoms with Crippen LogP contribution in [0.2, 0.25) is 5.02 Å². The molecule has 0 aliphatic heterocycles. The zero-order valence-corrected chi connectivity index (χ0v) is 15.8. The minimum Gasteiger partial charge on any atom is -0.489 e. The Morgan fingerprint density at radius 2 is 1.92 bits per heavy atom. The van der Waals surface area contributed by atoms with E-state index in [0.29, 0.717) is 23.9 Å². The number of aliphatic hydroxyl groups excluding tert-OH is 1. The molecule has 0 bridgehead atoms. The SMILES string of the molecule is CC(C)(CNc1ccccc1)NCC(O)COc1cccc(Cl)c1C#N. The zero-order chi connectivity index (χ0) is 19.0. The van der Waals surface area contributed by atoms with Gasteiger partial charge in [-0.15, -0.1) is 0 Å². The zero-order valence-electron chi connectivity index (χ0n) is 15.0. The molecule has 2 aromatic carbocycles. The Balaban J connectivity index is 1.78. The number of hydrogen-bond donors (Lipinski definition) is 3. The van der Waals surface area contributed by atoms with Gasteiger partial charge in [0.25, 0.3) is 0 Å². The second-order valence-electron chi connectivity index (χ2n) is 6.67. The fourth-order valence-electron chi connectivity index (χ4n) is 2.31. The number of halogens is 1. The lowest BCUT2D eigenvalue weighted by Crippen LogP contribution is -2.49. The summed E-state index contributed by atoms with van der Waals surface area (Å²) in [6.07, 6.45) is -0.712. The molecule has 3 N–H and O–H groups in total. The van der Waals surface area contributed by atoms with Crippen molar-refractivity contribution in [2.24, 2.45) is 0 Å². The summed E-state index contributed by atoms with van der Waals surface area (Å²) in [5.41, 5.74) is 1.11. The van der Waals surface area contributed by atoms with Crippen molar-refractivity contribution in [1.29, 1.82) is 5.26 Å². The molecule has 0 aromatic heterocycles. The van der Waals surface area contributed by atoms with E-state index in [-0.39, 0.29) is 17.7 Å². The third kappa shape index (κ3) is 6.23. The van der Waals surface area contributed by atoms with Gasteiger partial charge in [0.1, 0.15) is 30.1 Å². The number of hydrogen-bond acceptors (Lipinski definition) is 5. The van der Waals surface area contributed by atoms with Gasteiger partial charge in [0, 0.05) is 24.3 Å². The van der Waals surface area contributed by atoms with Crippen molar-refractivity contribution < 1.29 is 9.84 Å². The quantitative estimate of drug-likeness (QED) is 0.627. The number of ether oxygens (including phenoxy) is 1. The Morgan fingerprint density at radius 3 is 2.62 bits per heavy atom. The molecule has 2 rings (SSSR count). The van der Waals surface area contributed by atoms with Crippen LogP contribution in [-0.2, 0) is 0 Å². The number of β-amino-alcohol motifs (C(OH)–C–C–N with tert-alkyl or cyclic N) is 1. The molecule has 0 fully saturated rings. The van der Waals surface area contributed by atoms with E-state index in [0.717, 1.165) is 5.69 Å². The number of rotatable bonds is 9. The van der Waals surface area contributed by atoms with Gasteiger partial charge in [-0.05, 0) is 38.1 Å². The summed E-state index contributed by atoms with van der Waals surface area (Å²) in [6.45, 7) is 5.26. The summed E-state index contributed by atoms with van der Waals surface area (Å²) in [7, 11) is 0. The highest BCUT2D eigenvalue weighted by molar-refractivity contribution is 6.31. The van der Waals surface area contributed by atoms with Crippen molar-refractivity contribution >= 4 is 17.3 Å². The van der Waals surface area contributed by atoms with E-state index < -0.39 is 6.10 Å². The molecule has 5 nitrogen and oxygen atoms in total. The Hall–Kier alpha value is -2.26. The van der Waals surface area contributed by atoms with E-state index in [1.807, 2.05) is 36.4 Å². The van der Waals surface area contributed by atoms with Gasteiger partial charge >= 0.3 is 0 Å². The van der Waals surface area contributed by atoms with Gasteiger partial charge in [0.05, 0.1) is 5.02 Å². The maximum absolute atomic E-state index is 10.2. The first-order chi connectivity index (χ1) is 12.4. The molecular weight excluding hydrogens is 350 g/mol. The number of nitriles is 1. The summed E-state index contributed by atoms with van der Waals surface area (Å²) >= 11 is 5.97. The van der Waals surface area contributed by atoms with Crippen molar-refractivity contribution in [3.05, 3.63) is 59.1 Å². The fraction of sp³-hybridized carbons (Fsp3) is 0.350. The van der Waals surface area contributed by atoms with Crippen LogP contribution in [0.4, 0.5) is 5.69 Å². The van der Waals surface area contributed by atoms with Crippen LogP contribution in [0.1, 0.15) is 19.4 Å². The van der Waals surface area contributed by atoms with E-state index in [4.69, 9.17) is 21.6 Å². The van der Waals surface area contributed by atoms with Crippen LogP contribution in [-0.4, -0.2) is 36.4 Å². The first-order valence-corrected chi connectivity index (χ1v) is 8.82. The molecule has 1 unspecified atom stereocenters. The van der Waals surface area contributed by atoms with Gasteiger partial charge in [-0.3, -0.25) is 0 Å². The number of nitrogens with one attached hydrogen (secondary N) is 2. The van der Waals surface area contributed by atoms with E-state index >= 15 is 0 Å². The number of nitrogens with zero attached hydrogens (tertiary/aromatic N) is 1. The van der Waals surface area contributed by atoms with Crippen LogP contribution in [0.5, 0.6) is 5.75 Å². The van der Waals surface area contributed by atoms with Crippen molar-refractivity contribution in [2.45, 2.75) is 25.5 Å². The third-order valence-electron chi connectivity index (χ3n) is 3.84. The normalized spacial score (nSPS) is 12.3. The molecule has 1 atom stereocenters. The second kappa shape index (κ2) is 9.44. The highest BCUT2D eigenvalue weighted by Gasteiger charge is 2.19. The fourth-order valence-corrected chi connectivity index (χ4v) is 2.52. The average Bonchev–Trinajstić information content (AvgIpc) is 2.64. The lowest BCUT2D eigenvalue weighted by molar-refractivity contribution is 0.0995. The van der Waals surface area contributed by atoms with Gasteiger partial charge < -0.3 is 20.5 Å². The monoisotopic (exact) mass is 373 g/mol. The maximum atomic E-state index is 10.2. The molecule has 0 aliphatic rings. The molecule has 0 saturated carbocycles. The molecule has 138 valence electrons. The van der Waals surface area contributed by atoms with E-state index in [1.54, 1.807) is 18.2 Å². The molecular formula is C20H24ClN3O2. The first-order valence-electron chi connectivity index (χ1n) is 8.45. The summed E-state index contributed by atoms with van der Waals surface area (Å²) in [5.74, 6) is 0.379. The molecule has 0 aliphatic carbocycles. The Labute approximate surface area is 159 Å². The van der Waals surface area contributed by atoms with Crippen LogP contribution in [0.15, 0.2) is 48.5 Å². The predicted octanol–water partition coefficient (Wildman–Crippen LogP) is 3.43. The topological polar surface area (TPSA) is 77.3 Å². The molecule has 0 spiro atoms. The summed E-state index contributed by atoms with van der Waals surface area (Å²) in [6, 6.07) is 17.0. The molecule has 0 heterocycles. The first kappa shape index (κ1) is 20.1. The summed E-state index contributed by atoms with van der Waals surface area (Å²) in [4.78, 5) is 0. The molecule has 0 amide bonds. The summed E-state index contributed by atoms with van der Waals surface area (Å²) in [5, 5.41) is 26.3. The van der Waals surface area contributed by atoms with Crippen LogP contribution in [0.25, 0.3) is 0 Å². The largest absolute Gasteiger partial charge is 0.489 e. The van der Waals surface area contributed by atoms with Crippen molar-refractivity contribution in [3.8, 4) is 11.8 Å². The molecule has 0 radical (unpaired) electrons. The highest BCUT2D eigenvalue weighted by Crippen LogP contribution is 2.25. The van der Waals surface area contributed by atoms with Crippen molar-refractivity contribution in [3.63, 3.8) is 0 Å². The number of para-hydroxylation sites is 1. The standard InChI is InChI=1S/C20H24ClN3O2/c1-20(2,14-23-15-7-4-3-5-8-15)24-12-16(25)13-26-19-10-6-9-18(21)17(19)11-22/h3-10,16,23-25H,12-14H2,1-2H3. The van der Waals surface area contributed by atoms with Gasteiger partial charge in [-0.1, -0.05) is 35.9 Å². The predicted molar refractivity (Wildman–Crippen MR) is 105 cm³/mol. The van der Waals surface area contributed by atoms with Crippen LogP contribution < -0.4 is 15.4 Å². The van der Waals surface area contributed by atoms with Crippen LogP contribution in [0, 0.1) is 11.3 Å². The third-order valence-corrected chi connectivity index (χ3v) is 4.16. The lowest BCUT2D eigenvalue weighted by Gasteiger charge is -2.28. The smallest absolute Gasteiger partial charge is 0.138 e. The van der Waals surface area contributed by atoms with E-state index in [9.17, 15) is 5.11 Å².